The molecule has 0 atom stereocenters. The Kier molecular flexibility index (Phi) is 4.31. The standard InChI is InChI=1S/C16H13NO5S/c1-21-7-6-17-15(19)13(23-16(17)20)8-10-9-22-12-5-3-2-4-11(12)14(10)18/h2-5,8-9H,6-7H2,1H3/b13-8-. The number of methoxy groups -OCH3 is 1. The molecule has 0 unspecified atom stereocenters. The lowest BCUT2D eigenvalue weighted by Crippen LogP contribution is -2.31. The van der Waals surface area contributed by atoms with Crippen molar-refractivity contribution in [1.82, 2.24) is 4.90 Å². The minimum absolute atomic E-state index is 0.185. The minimum atomic E-state index is -0.426. The molecule has 1 fully saturated rings. The van der Waals surface area contributed by atoms with E-state index in [9.17, 15) is 14.4 Å². The van der Waals surface area contributed by atoms with Crippen LogP contribution in [0.3, 0.4) is 0 Å². The number of benzene rings is 1. The molecule has 1 aliphatic rings. The van der Waals surface area contributed by atoms with E-state index in [1.807, 2.05) is 0 Å². The van der Waals surface area contributed by atoms with Crippen LogP contribution in [-0.2, 0) is 9.53 Å². The number of carbonyl (C=O) groups is 2. The number of fused-ring (bicyclic) bond motifs is 1. The Balaban J connectivity index is 1.96. The lowest BCUT2D eigenvalue weighted by molar-refractivity contribution is -0.123. The van der Waals surface area contributed by atoms with Crippen LogP contribution in [0, 0.1) is 0 Å². The van der Waals surface area contributed by atoms with Gasteiger partial charge in [0.25, 0.3) is 11.1 Å². The van der Waals surface area contributed by atoms with Crippen molar-refractivity contribution >= 4 is 40.0 Å². The van der Waals surface area contributed by atoms with Gasteiger partial charge in [0, 0.05) is 7.11 Å². The predicted octanol–water partition coefficient (Wildman–Crippen LogP) is 2.48. The van der Waals surface area contributed by atoms with Gasteiger partial charge in [-0.1, -0.05) is 12.1 Å². The van der Waals surface area contributed by atoms with Gasteiger partial charge in [0.05, 0.1) is 29.0 Å². The topological polar surface area (TPSA) is 76.8 Å². The van der Waals surface area contributed by atoms with Gasteiger partial charge in [0.2, 0.25) is 0 Å². The third kappa shape index (κ3) is 2.93. The SMILES string of the molecule is COCCN1C(=O)S/C(=C\c2coc3ccccc3c2=O)C1=O. The second-order valence-electron chi connectivity index (χ2n) is 4.84. The molecule has 2 amide bonds. The molecule has 2 heterocycles. The van der Waals surface area contributed by atoms with Crippen molar-refractivity contribution < 1.29 is 18.7 Å². The predicted molar refractivity (Wildman–Crippen MR) is 87.0 cm³/mol. The molecule has 1 aromatic carbocycles. The van der Waals surface area contributed by atoms with Gasteiger partial charge >= 0.3 is 0 Å². The molecule has 7 heteroatoms. The summed E-state index contributed by atoms with van der Waals surface area (Å²) in [5.74, 6) is -0.426. The quantitative estimate of drug-likeness (QED) is 0.801. The molecule has 0 bridgehead atoms. The molecule has 23 heavy (non-hydrogen) atoms. The average Bonchev–Trinajstić information content (AvgIpc) is 2.82. The number of rotatable bonds is 4. The number of hydrogen-bond acceptors (Lipinski definition) is 6. The number of nitrogens with zero attached hydrogens (tertiary/aromatic N) is 1. The summed E-state index contributed by atoms with van der Waals surface area (Å²) in [6.45, 7) is 0.453. The number of thioether (sulfide) groups is 1. The maximum Gasteiger partial charge on any atom is 0.293 e. The van der Waals surface area contributed by atoms with Gasteiger partial charge in [0.1, 0.15) is 11.8 Å². The van der Waals surface area contributed by atoms with E-state index in [4.69, 9.17) is 9.15 Å². The molecular weight excluding hydrogens is 318 g/mol. The van der Waals surface area contributed by atoms with Crippen molar-refractivity contribution in [3.63, 3.8) is 0 Å². The summed E-state index contributed by atoms with van der Waals surface area (Å²) in [7, 11) is 1.50. The van der Waals surface area contributed by atoms with Gasteiger partial charge < -0.3 is 9.15 Å². The third-order valence-corrected chi connectivity index (χ3v) is 4.29. The number of amides is 2. The fourth-order valence-electron chi connectivity index (χ4n) is 2.21. The summed E-state index contributed by atoms with van der Waals surface area (Å²) >= 11 is 0.804. The Labute approximate surface area is 135 Å². The summed E-state index contributed by atoms with van der Waals surface area (Å²) in [4.78, 5) is 37.8. The van der Waals surface area contributed by atoms with Crippen LogP contribution in [0.15, 0.2) is 44.6 Å². The van der Waals surface area contributed by atoms with Crippen LogP contribution < -0.4 is 5.43 Å². The number of carbonyl (C=O) groups excluding carboxylic acids is 2. The summed E-state index contributed by atoms with van der Waals surface area (Å²) in [6.07, 6.45) is 2.70. The molecular formula is C16H13NO5S. The first-order valence-corrected chi connectivity index (χ1v) is 7.68. The lowest BCUT2D eigenvalue weighted by atomic mass is 10.1. The fraction of sp³-hybridized carbons (Fsp3) is 0.188. The van der Waals surface area contributed by atoms with Crippen molar-refractivity contribution in [3.8, 4) is 0 Å². The first-order chi connectivity index (χ1) is 11.1. The van der Waals surface area contributed by atoms with Crippen molar-refractivity contribution in [2.75, 3.05) is 20.3 Å². The maximum absolute atomic E-state index is 12.4. The highest BCUT2D eigenvalue weighted by Crippen LogP contribution is 2.31. The van der Waals surface area contributed by atoms with Crippen LogP contribution in [0.5, 0.6) is 0 Å². The summed E-state index contributed by atoms with van der Waals surface area (Å²) in [5, 5.41) is 0.0586. The summed E-state index contributed by atoms with van der Waals surface area (Å²) in [5.41, 5.74) is 0.472. The Hall–Kier alpha value is -2.38. The molecule has 2 aromatic rings. The molecule has 118 valence electrons. The molecule has 0 spiro atoms. The Morgan fingerprint density at radius 1 is 1.26 bits per heavy atom. The minimum Gasteiger partial charge on any atom is -0.463 e. The molecule has 0 N–H and O–H groups in total. The van der Waals surface area contributed by atoms with Gasteiger partial charge in [-0.15, -0.1) is 0 Å². The number of ether oxygens (including phenoxy) is 1. The summed E-state index contributed by atoms with van der Waals surface area (Å²) < 4.78 is 10.3. The van der Waals surface area contributed by atoms with E-state index < -0.39 is 5.91 Å². The van der Waals surface area contributed by atoms with Crippen LogP contribution in [0.25, 0.3) is 17.0 Å². The lowest BCUT2D eigenvalue weighted by Gasteiger charge is -2.10. The van der Waals surface area contributed by atoms with Crippen LogP contribution in [0.1, 0.15) is 5.56 Å². The second kappa shape index (κ2) is 6.39. The maximum atomic E-state index is 12.4. The second-order valence-corrected chi connectivity index (χ2v) is 5.84. The fourth-order valence-corrected chi connectivity index (χ4v) is 3.07. The number of imide groups is 1. The average molecular weight is 331 g/mol. The Bertz CT molecular complexity index is 870. The van der Waals surface area contributed by atoms with E-state index in [2.05, 4.69) is 0 Å². The zero-order valence-electron chi connectivity index (χ0n) is 12.3. The van der Waals surface area contributed by atoms with Gasteiger partial charge in [-0.3, -0.25) is 19.3 Å². The van der Waals surface area contributed by atoms with Gasteiger partial charge in [-0.2, -0.15) is 0 Å². The van der Waals surface area contributed by atoms with E-state index in [0.29, 0.717) is 11.0 Å². The smallest absolute Gasteiger partial charge is 0.293 e. The highest BCUT2D eigenvalue weighted by molar-refractivity contribution is 8.18. The zero-order valence-corrected chi connectivity index (χ0v) is 13.1. The van der Waals surface area contributed by atoms with Crippen molar-refractivity contribution in [2.24, 2.45) is 0 Å². The van der Waals surface area contributed by atoms with E-state index in [-0.39, 0.29) is 34.3 Å². The largest absolute Gasteiger partial charge is 0.463 e. The van der Waals surface area contributed by atoms with E-state index in [1.54, 1.807) is 24.3 Å². The molecule has 6 nitrogen and oxygen atoms in total. The summed E-state index contributed by atoms with van der Waals surface area (Å²) in [6, 6.07) is 6.86. The van der Waals surface area contributed by atoms with Gasteiger partial charge in [0.15, 0.2) is 5.43 Å². The van der Waals surface area contributed by atoms with Gasteiger partial charge in [-0.25, -0.2) is 0 Å². The first-order valence-electron chi connectivity index (χ1n) is 6.86. The highest BCUT2D eigenvalue weighted by Gasteiger charge is 2.34. The van der Waals surface area contributed by atoms with Crippen molar-refractivity contribution in [2.45, 2.75) is 0 Å². The Morgan fingerprint density at radius 2 is 2.04 bits per heavy atom. The molecule has 1 aliphatic heterocycles. The van der Waals surface area contributed by atoms with Crippen LogP contribution in [0.2, 0.25) is 0 Å². The van der Waals surface area contributed by atoms with Crippen LogP contribution >= 0.6 is 11.8 Å². The molecule has 0 aliphatic carbocycles. The van der Waals surface area contributed by atoms with E-state index in [1.165, 1.54) is 19.4 Å². The van der Waals surface area contributed by atoms with E-state index >= 15 is 0 Å². The van der Waals surface area contributed by atoms with Crippen LogP contribution in [0.4, 0.5) is 4.79 Å². The van der Waals surface area contributed by atoms with Crippen molar-refractivity contribution in [1.29, 1.82) is 0 Å². The Morgan fingerprint density at radius 3 is 2.83 bits per heavy atom. The number of para-hydroxylation sites is 1. The normalized spacial score (nSPS) is 16.7. The number of hydrogen-bond donors (Lipinski definition) is 0. The molecule has 1 aromatic heterocycles. The highest BCUT2D eigenvalue weighted by atomic mass is 32.2. The molecule has 0 saturated carbocycles. The first kappa shape index (κ1) is 15.5. The molecule has 1 saturated heterocycles. The molecule has 3 rings (SSSR count). The van der Waals surface area contributed by atoms with Crippen molar-refractivity contribution in [3.05, 3.63) is 51.2 Å². The third-order valence-electron chi connectivity index (χ3n) is 3.39. The molecule has 0 radical (unpaired) electrons. The van der Waals surface area contributed by atoms with Gasteiger partial charge in [-0.05, 0) is 30.0 Å². The zero-order chi connectivity index (χ0) is 16.4. The van der Waals surface area contributed by atoms with E-state index in [0.717, 1.165) is 16.7 Å². The monoisotopic (exact) mass is 331 g/mol. The van der Waals surface area contributed by atoms with Crippen LogP contribution in [-0.4, -0.2) is 36.3 Å².